The fraction of sp³-hybridized carbons (Fsp3) is 0.136. The number of anilines is 1. The van der Waals surface area contributed by atoms with Gasteiger partial charge >= 0.3 is 5.97 Å². The number of carboxylic acids is 1. The fourth-order valence-corrected chi connectivity index (χ4v) is 4.51. The lowest BCUT2D eigenvalue weighted by Crippen LogP contribution is -2.35. The van der Waals surface area contributed by atoms with E-state index in [9.17, 15) is 29.4 Å². The summed E-state index contributed by atoms with van der Waals surface area (Å²) in [5.74, 6) is -6.38. The van der Waals surface area contributed by atoms with Gasteiger partial charge in [-0.1, -0.05) is 35.9 Å². The van der Waals surface area contributed by atoms with Crippen molar-refractivity contribution in [2.75, 3.05) is 4.90 Å². The molecule has 1 aliphatic carbocycles. The van der Waals surface area contributed by atoms with Gasteiger partial charge in [-0.15, -0.1) is 0 Å². The maximum Gasteiger partial charge on any atom is 0.329 e. The summed E-state index contributed by atoms with van der Waals surface area (Å²) in [4.78, 5) is 56.2. The van der Waals surface area contributed by atoms with Crippen LogP contribution in [0.1, 0.15) is 15.9 Å². The van der Waals surface area contributed by atoms with Crippen LogP contribution in [0.25, 0.3) is 5.76 Å². The second-order valence-corrected chi connectivity index (χ2v) is 7.82. The van der Waals surface area contributed by atoms with Crippen molar-refractivity contribution in [2.24, 2.45) is 16.8 Å². The van der Waals surface area contributed by atoms with Gasteiger partial charge in [-0.05, 0) is 24.3 Å². The predicted octanol–water partition coefficient (Wildman–Crippen LogP) is 2.52. The molecule has 0 saturated carbocycles. The van der Waals surface area contributed by atoms with E-state index in [4.69, 9.17) is 11.6 Å². The highest BCUT2D eigenvalue weighted by Gasteiger charge is 2.60. The molecule has 0 spiro atoms. The molecule has 2 aromatic carbocycles. The van der Waals surface area contributed by atoms with Crippen LogP contribution in [0, 0.1) is 11.8 Å². The minimum absolute atomic E-state index is 0.175. The molecular formula is C22H13ClN2O6. The van der Waals surface area contributed by atoms with Gasteiger partial charge in [0.15, 0.2) is 11.8 Å². The van der Waals surface area contributed by atoms with Gasteiger partial charge in [-0.3, -0.25) is 19.4 Å². The van der Waals surface area contributed by atoms with Crippen LogP contribution in [0.5, 0.6) is 0 Å². The Kier molecular flexibility index (Phi) is 4.10. The van der Waals surface area contributed by atoms with E-state index < -0.39 is 41.4 Å². The first kappa shape index (κ1) is 19.2. The topological polar surface area (TPSA) is 124 Å². The largest absolute Gasteiger partial charge is 0.506 e. The monoisotopic (exact) mass is 436 g/mol. The van der Waals surface area contributed by atoms with E-state index >= 15 is 0 Å². The number of ketones is 1. The normalized spacial score (nSPS) is 24.5. The maximum atomic E-state index is 13.3. The summed E-state index contributed by atoms with van der Waals surface area (Å²) in [6.45, 7) is 0. The van der Waals surface area contributed by atoms with Gasteiger partial charge < -0.3 is 10.2 Å². The number of nitrogens with zero attached hydrogens (tertiary/aromatic N) is 2. The molecule has 2 aliphatic heterocycles. The van der Waals surface area contributed by atoms with Gasteiger partial charge in [0.2, 0.25) is 11.8 Å². The highest BCUT2D eigenvalue weighted by atomic mass is 35.5. The molecule has 154 valence electrons. The standard InChI is InChI=1S/C22H13ClN2O6/c23-9-5-7-10(8-6-9)25-20(28)13-14(21(25)29)17(22(30)31)24-16(13)15-18(26)11-3-1-2-4-12(11)19(15)27/h1-8,13-14,17,26H,(H,30,31)/t13-,14-,17+/m1/s1. The minimum Gasteiger partial charge on any atom is -0.506 e. The number of rotatable bonds is 3. The van der Waals surface area contributed by atoms with Gasteiger partial charge in [0.05, 0.1) is 28.8 Å². The summed E-state index contributed by atoms with van der Waals surface area (Å²) in [7, 11) is 0. The molecule has 31 heavy (non-hydrogen) atoms. The number of aliphatic carboxylic acids is 1. The van der Waals surface area contributed by atoms with Crippen molar-refractivity contribution in [1.82, 2.24) is 0 Å². The van der Waals surface area contributed by atoms with Crippen molar-refractivity contribution < 1.29 is 29.4 Å². The van der Waals surface area contributed by atoms with E-state index in [1.54, 1.807) is 18.2 Å². The van der Waals surface area contributed by atoms with Gasteiger partial charge in [0.25, 0.3) is 0 Å². The molecule has 3 atom stereocenters. The number of aliphatic hydroxyl groups excluding tert-OH is 1. The molecule has 2 aromatic rings. The van der Waals surface area contributed by atoms with Crippen molar-refractivity contribution in [3.05, 3.63) is 70.3 Å². The number of hydrogen-bond donors (Lipinski definition) is 2. The Labute approximate surface area is 180 Å². The highest BCUT2D eigenvalue weighted by Crippen LogP contribution is 2.44. The molecule has 2 heterocycles. The Hall–Kier alpha value is -3.78. The quantitative estimate of drug-likeness (QED) is 0.712. The van der Waals surface area contributed by atoms with Crippen LogP contribution in [0.15, 0.2) is 59.1 Å². The molecule has 1 fully saturated rings. The van der Waals surface area contributed by atoms with E-state index in [-0.39, 0.29) is 33.9 Å². The number of benzene rings is 2. The third kappa shape index (κ3) is 2.58. The van der Waals surface area contributed by atoms with E-state index in [1.807, 2.05) is 0 Å². The van der Waals surface area contributed by atoms with Crippen molar-refractivity contribution in [2.45, 2.75) is 6.04 Å². The number of amides is 2. The lowest BCUT2D eigenvalue weighted by molar-refractivity contribution is -0.141. The first-order valence-electron chi connectivity index (χ1n) is 9.33. The van der Waals surface area contributed by atoms with E-state index in [0.29, 0.717) is 5.02 Å². The zero-order valence-corrected chi connectivity index (χ0v) is 16.4. The molecule has 8 nitrogen and oxygen atoms in total. The van der Waals surface area contributed by atoms with Gasteiger partial charge in [-0.2, -0.15) is 0 Å². The molecule has 0 unspecified atom stereocenters. The molecule has 2 amide bonds. The molecule has 3 aliphatic rings. The van der Waals surface area contributed by atoms with Gasteiger partial charge in [-0.25, -0.2) is 9.69 Å². The van der Waals surface area contributed by atoms with Crippen LogP contribution in [-0.4, -0.2) is 45.5 Å². The van der Waals surface area contributed by atoms with Crippen molar-refractivity contribution in [1.29, 1.82) is 0 Å². The molecule has 1 saturated heterocycles. The number of carbonyl (C=O) groups is 4. The summed E-state index contributed by atoms with van der Waals surface area (Å²) in [6.07, 6.45) is 0. The SMILES string of the molecule is O=C1C(C2=N[C@H](C(=O)O)[C@@H]3C(=O)N(c4ccc(Cl)cc4)C(=O)[C@@H]23)=C(O)c2ccccc21. The van der Waals surface area contributed by atoms with Crippen LogP contribution < -0.4 is 4.90 Å². The number of allylic oxidation sites excluding steroid dienone is 1. The lowest BCUT2D eigenvalue weighted by atomic mass is 9.85. The van der Waals surface area contributed by atoms with Crippen LogP contribution >= 0.6 is 11.6 Å². The second-order valence-electron chi connectivity index (χ2n) is 7.39. The zero-order chi connectivity index (χ0) is 22.0. The minimum atomic E-state index is -1.55. The Morgan fingerprint density at radius 1 is 0.968 bits per heavy atom. The zero-order valence-electron chi connectivity index (χ0n) is 15.7. The average molecular weight is 437 g/mol. The number of aliphatic hydroxyl groups is 1. The number of fused-ring (bicyclic) bond motifs is 2. The molecule has 0 aromatic heterocycles. The van der Waals surface area contributed by atoms with Crippen LogP contribution in [0.4, 0.5) is 5.69 Å². The summed E-state index contributed by atoms with van der Waals surface area (Å²) in [5, 5.41) is 20.7. The molecule has 0 bridgehead atoms. The maximum absolute atomic E-state index is 13.3. The number of halogens is 1. The third-order valence-electron chi connectivity index (χ3n) is 5.75. The van der Waals surface area contributed by atoms with Gasteiger partial charge in [0, 0.05) is 16.1 Å². The number of carboxylic acid groups (broad SMARTS) is 1. The van der Waals surface area contributed by atoms with E-state index in [0.717, 1.165) is 4.90 Å². The van der Waals surface area contributed by atoms with E-state index in [1.165, 1.54) is 30.3 Å². The average Bonchev–Trinajstić information content (AvgIpc) is 3.34. The molecule has 0 radical (unpaired) electrons. The molecule has 9 heteroatoms. The Bertz CT molecular complexity index is 1260. The first-order chi connectivity index (χ1) is 14.8. The predicted molar refractivity (Wildman–Crippen MR) is 110 cm³/mol. The summed E-state index contributed by atoms with van der Waals surface area (Å²) in [6, 6.07) is 10.7. The van der Waals surface area contributed by atoms with Crippen LogP contribution in [0.2, 0.25) is 5.02 Å². The first-order valence-corrected chi connectivity index (χ1v) is 9.70. The molecule has 5 rings (SSSR count). The number of imide groups is 1. The smallest absolute Gasteiger partial charge is 0.329 e. The Balaban J connectivity index is 1.63. The summed E-state index contributed by atoms with van der Waals surface area (Å²) < 4.78 is 0. The molecular weight excluding hydrogens is 424 g/mol. The number of hydrogen-bond acceptors (Lipinski definition) is 6. The number of aliphatic imine (C=N–C) groups is 1. The van der Waals surface area contributed by atoms with Crippen molar-refractivity contribution >= 4 is 52.3 Å². The van der Waals surface area contributed by atoms with Crippen molar-refractivity contribution in [3.63, 3.8) is 0 Å². The summed E-state index contributed by atoms with van der Waals surface area (Å²) in [5.41, 5.74) is 0.313. The third-order valence-corrected chi connectivity index (χ3v) is 6.00. The van der Waals surface area contributed by atoms with Gasteiger partial charge in [0.1, 0.15) is 5.76 Å². The van der Waals surface area contributed by atoms with Crippen LogP contribution in [0.3, 0.4) is 0 Å². The lowest BCUT2D eigenvalue weighted by Gasteiger charge is -2.17. The highest BCUT2D eigenvalue weighted by molar-refractivity contribution is 6.43. The van der Waals surface area contributed by atoms with Crippen molar-refractivity contribution in [3.8, 4) is 0 Å². The van der Waals surface area contributed by atoms with Crippen LogP contribution in [-0.2, 0) is 14.4 Å². The fourth-order valence-electron chi connectivity index (χ4n) is 4.38. The summed E-state index contributed by atoms with van der Waals surface area (Å²) >= 11 is 5.88. The Morgan fingerprint density at radius 3 is 2.23 bits per heavy atom. The molecule has 2 N–H and O–H groups in total. The second kappa shape index (κ2) is 6.61. The van der Waals surface area contributed by atoms with E-state index in [2.05, 4.69) is 4.99 Å². The Morgan fingerprint density at radius 2 is 1.61 bits per heavy atom. The number of Topliss-reactive ketones (excluding diaryl/α,β-unsaturated/α-hetero) is 1. The number of carbonyl (C=O) groups excluding carboxylic acids is 3.